The molecule has 17 heavy (non-hydrogen) atoms. The third-order valence-electron chi connectivity index (χ3n) is 3.58. The zero-order valence-electron chi connectivity index (χ0n) is 10.8. The summed E-state index contributed by atoms with van der Waals surface area (Å²) in [7, 11) is 0. The fraction of sp³-hybridized carbons (Fsp3) is 0.643. The molecule has 0 spiro atoms. The SMILES string of the molecule is Cc1cccnc1CN1CCCC1CC(C)O. The molecule has 0 amide bonds. The molecule has 1 aromatic heterocycles. The van der Waals surface area contributed by atoms with Crippen LogP contribution in [0.15, 0.2) is 18.3 Å². The second-order valence-electron chi connectivity index (χ2n) is 5.12. The van der Waals surface area contributed by atoms with Gasteiger partial charge in [0.15, 0.2) is 0 Å². The van der Waals surface area contributed by atoms with Crippen molar-refractivity contribution >= 4 is 0 Å². The van der Waals surface area contributed by atoms with E-state index in [0.29, 0.717) is 6.04 Å². The molecule has 1 fully saturated rings. The van der Waals surface area contributed by atoms with Gasteiger partial charge in [0.05, 0.1) is 11.8 Å². The summed E-state index contributed by atoms with van der Waals surface area (Å²) in [6, 6.07) is 4.62. The number of nitrogens with zero attached hydrogens (tertiary/aromatic N) is 2. The average molecular weight is 234 g/mol. The highest BCUT2D eigenvalue weighted by atomic mass is 16.3. The molecule has 94 valence electrons. The Kier molecular flexibility index (Phi) is 4.13. The Labute approximate surface area is 103 Å². The second-order valence-corrected chi connectivity index (χ2v) is 5.12. The lowest BCUT2D eigenvalue weighted by Crippen LogP contribution is -2.32. The molecule has 1 aliphatic heterocycles. The number of hydrogen-bond donors (Lipinski definition) is 1. The van der Waals surface area contributed by atoms with Gasteiger partial charge in [-0.1, -0.05) is 6.07 Å². The molecule has 0 aliphatic carbocycles. The standard InChI is InChI=1S/C14H22N2O/c1-11-5-3-7-15-14(11)10-16-8-4-6-13(16)9-12(2)17/h3,5,7,12-13,17H,4,6,8-10H2,1-2H3. The summed E-state index contributed by atoms with van der Waals surface area (Å²) in [6.07, 6.45) is 4.99. The number of pyridine rings is 1. The molecule has 3 nitrogen and oxygen atoms in total. The van der Waals surface area contributed by atoms with Crippen molar-refractivity contribution in [3.8, 4) is 0 Å². The first-order valence-electron chi connectivity index (χ1n) is 6.49. The number of likely N-dealkylation sites (tertiary alicyclic amines) is 1. The normalized spacial score (nSPS) is 22.9. The Balaban J connectivity index is 2.00. The summed E-state index contributed by atoms with van der Waals surface area (Å²) in [5.41, 5.74) is 2.43. The van der Waals surface area contributed by atoms with Crippen molar-refractivity contribution in [2.24, 2.45) is 0 Å². The highest BCUT2D eigenvalue weighted by Crippen LogP contribution is 2.23. The van der Waals surface area contributed by atoms with Gasteiger partial charge in [0.2, 0.25) is 0 Å². The summed E-state index contributed by atoms with van der Waals surface area (Å²) in [5.74, 6) is 0. The molecule has 2 heterocycles. The predicted octanol–water partition coefficient (Wildman–Crippen LogP) is 2.13. The van der Waals surface area contributed by atoms with Gasteiger partial charge in [0.1, 0.15) is 0 Å². The van der Waals surface area contributed by atoms with Crippen molar-refractivity contribution < 1.29 is 5.11 Å². The van der Waals surface area contributed by atoms with Crippen molar-refractivity contribution in [3.05, 3.63) is 29.6 Å². The smallest absolute Gasteiger partial charge is 0.0573 e. The lowest BCUT2D eigenvalue weighted by atomic mass is 10.1. The molecular formula is C14H22N2O. The van der Waals surface area contributed by atoms with Gasteiger partial charge in [-0.15, -0.1) is 0 Å². The van der Waals surface area contributed by atoms with Gasteiger partial charge in [0.25, 0.3) is 0 Å². The second kappa shape index (κ2) is 5.61. The first kappa shape index (κ1) is 12.5. The van der Waals surface area contributed by atoms with Crippen molar-refractivity contribution in [1.82, 2.24) is 9.88 Å². The Morgan fingerprint density at radius 3 is 3.12 bits per heavy atom. The van der Waals surface area contributed by atoms with E-state index >= 15 is 0 Å². The van der Waals surface area contributed by atoms with Gasteiger partial charge in [0, 0.05) is 18.8 Å². The molecule has 1 aromatic rings. The van der Waals surface area contributed by atoms with Gasteiger partial charge in [-0.2, -0.15) is 0 Å². The molecule has 0 bridgehead atoms. The zero-order chi connectivity index (χ0) is 12.3. The van der Waals surface area contributed by atoms with E-state index in [1.54, 1.807) is 0 Å². The van der Waals surface area contributed by atoms with Crippen molar-refractivity contribution in [1.29, 1.82) is 0 Å². The fourth-order valence-electron chi connectivity index (χ4n) is 2.64. The molecular weight excluding hydrogens is 212 g/mol. The van der Waals surface area contributed by atoms with Crippen LogP contribution in [0.5, 0.6) is 0 Å². The minimum absolute atomic E-state index is 0.203. The Morgan fingerprint density at radius 1 is 1.59 bits per heavy atom. The predicted molar refractivity (Wildman–Crippen MR) is 68.7 cm³/mol. The number of aliphatic hydroxyl groups excluding tert-OH is 1. The molecule has 0 aromatic carbocycles. The zero-order valence-corrected chi connectivity index (χ0v) is 10.8. The topological polar surface area (TPSA) is 36.4 Å². The summed E-state index contributed by atoms with van der Waals surface area (Å²) in [4.78, 5) is 6.91. The first-order valence-corrected chi connectivity index (χ1v) is 6.49. The third kappa shape index (κ3) is 3.27. The van der Waals surface area contributed by atoms with E-state index in [4.69, 9.17) is 0 Å². The molecule has 1 saturated heterocycles. The van der Waals surface area contributed by atoms with Crippen LogP contribution in [0.4, 0.5) is 0 Å². The van der Waals surface area contributed by atoms with Gasteiger partial charge in [-0.05, 0) is 51.3 Å². The van der Waals surface area contributed by atoms with Crippen LogP contribution in [0, 0.1) is 6.92 Å². The molecule has 1 aliphatic rings. The summed E-state index contributed by atoms with van der Waals surface area (Å²) >= 11 is 0. The van der Waals surface area contributed by atoms with Crippen LogP contribution in [0.25, 0.3) is 0 Å². The maximum Gasteiger partial charge on any atom is 0.0573 e. The molecule has 3 heteroatoms. The van der Waals surface area contributed by atoms with Gasteiger partial charge in [-0.3, -0.25) is 9.88 Å². The lowest BCUT2D eigenvalue weighted by Gasteiger charge is -2.25. The lowest BCUT2D eigenvalue weighted by molar-refractivity contribution is 0.130. The van der Waals surface area contributed by atoms with Gasteiger partial charge >= 0.3 is 0 Å². The summed E-state index contributed by atoms with van der Waals surface area (Å²) in [5, 5.41) is 9.51. The number of aliphatic hydroxyl groups is 1. The summed E-state index contributed by atoms with van der Waals surface area (Å²) < 4.78 is 0. The third-order valence-corrected chi connectivity index (χ3v) is 3.58. The summed E-state index contributed by atoms with van der Waals surface area (Å²) in [6.45, 7) is 6.04. The highest BCUT2D eigenvalue weighted by molar-refractivity contribution is 5.17. The van der Waals surface area contributed by atoms with E-state index in [0.717, 1.165) is 19.5 Å². The highest BCUT2D eigenvalue weighted by Gasteiger charge is 2.26. The number of aryl methyl sites for hydroxylation is 1. The minimum Gasteiger partial charge on any atom is -0.393 e. The molecule has 0 saturated carbocycles. The maximum atomic E-state index is 9.51. The van der Waals surface area contributed by atoms with Crippen LogP contribution in [0.2, 0.25) is 0 Å². The largest absolute Gasteiger partial charge is 0.393 e. The number of hydrogen-bond acceptors (Lipinski definition) is 3. The number of aromatic nitrogens is 1. The van der Waals surface area contributed by atoms with Crippen LogP contribution in [0.3, 0.4) is 0 Å². The maximum absolute atomic E-state index is 9.51. The molecule has 2 atom stereocenters. The van der Waals surface area contributed by atoms with Crippen LogP contribution in [-0.4, -0.2) is 33.7 Å². The van der Waals surface area contributed by atoms with Crippen molar-refractivity contribution in [3.63, 3.8) is 0 Å². The fourth-order valence-corrected chi connectivity index (χ4v) is 2.64. The van der Waals surface area contributed by atoms with E-state index in [1.165, 1.54) is 24.1 Å². The van der Waals surface area contributed by atoms with Gasteiger partial charge < -0.3 is 5.11 Å². The first-order chi connectivity index (χ1) is 8.16. The monoisotopic (exact) mass is 234 g/mol. The van der Waals surface area contributed by atoms with E-state index in [2.05, 4.69) is 22.9 Å². The van der Waals surface area contributed by atoms with Crippen LogP contribution >= 0.6 is 0 Å². The Morgan fingerprint density at radius 2 is 2.41 bits per heavy atom. The van der Waals surface area contributed by atoms with E-state index in [9.17, 15) is 5.11 Å². The van der Waals surface area contributed by atoms with Gasteiger partial charge in [-0.25, -0.2) is 0 Å². The van der Waals surface area contributed by atoms with Crippen LogP contribution in [-0.2, 0) is 6.54 Å². The van der Waals surface area contributed by atoms with Crippen LogP contribution in [0.1, 0.15) is 37.4 Å². The van der Waals surface area contributed by atoms with Crippen molar-refractivity contribution in [2.75, 3.05) is 6.54 Å². The quantitative estimate of drug-likeness (QED) is 0.867. The van der Waals surface area contributed by atoms with Crippen LogP contribution < -0.4 is 0 Å². The molecule has 0 radical (unpaired) electrons. The molecule has 1 N–H and O–H groups in total. The Hall–Kier alpha value is -0.930. The molecule has 2 rings (SSSR count). The van der Waals surface area contributed by atoms with E-state index in [-0.39, 0.29) is 6.10 Å². The van der Waals surface area contributed by atoms with Crippen molar-refractivity contribution in [2.45, 2.75) is 51.8 Å². The van der Waals surface area contributed by atoms with E-state index < -0.39 is 0 Å². The molecule has 2 unspecified atom stereocenters. The number of rotatable bonds is 4. The minimum atomic E-state index is -0.203. The average Bonchev–Trinajstić information content (AvgIpc) is 2.68. The Bertz CT molecular complexity index is 365. The van der Waals surface area contributed by atoms with E-state index in [1.807, 2.05) is 19.2 Å².